The van der Waals surface area contributed by atoms with E-state index in [1.54, 1.807) is 0 Å². The molecule has 8 nitrogen and oxygen atoms in total. The van der Waals surface area contributed by atoms with Crippen LogP contribution >= 0.6 is 0 Å². The Morgan fingerprint density at radius 1 is 1.70 bits per heavy atom. The zero-order valence-corrected chi connectivity index (χ0v) is 11.0. The zero-order chi connectivity index (χ0) is 14.7. The van der Waals surface area contributed by atoms with Gasteiger partial charge in [0.25, 0.3) is 0 Å². The lowest BCUT2D eigenvalue weighted by molar-refractivity contribution is -0.384. The maximum Gasteiger partial charge on any atom is 0.337 e. The molecule has 0 radical (unpaired) electrons. The second-order valence-corrected chi connectivity index (χ2v) is 4.46. The van der Waals surface area contributed by atoms with Crippen LogP contribution in [0.2, 0.25) is 0 Å². The average molecular weight is 281 g/mol. The van der Waals surface area contributed by atoms with Gasteiger partial charge in [-0.25, -0.2) is 9.78 Å². The number of anilines is 1. The Morgan fingerprint density at radius 3 is 3.05 bits per heavy atom. The number of carbonyl (C=O) groups is 1. The number of hydrogen-bond acceptors (Lipinski definition) is 6. The Morgan fingerprint density at radius 2 is 2.45 bits per heavy atom. The Balaban J connectivity index is 2.44. The highest BCUT2D eigenvalue weighted by molar-refractivity contribution is 5.88. The number of ether oxygens (including phenoxy) is 1. The molecule has 1 aliphatic heterocycles. The summed E-state index contributed by atoms with van der Waals surface area (Å²) in [5.41, 5.74) is -0.480. The largest absolute Gasteiger partial charge is 0.478 e. The summed E-state index contributed by atoms with van der Waals surface area (Å²) in [5.74, 6) is -1.03. The summed E-state index contributed by atoms with van der Waals surface area (Å²) in [6.07, 6.45) is 1.91. The number of hydrogen-bond donors (Lipinski definition) is 1. The number of nitro groups is 1. The number of rotatable bonds is 4. The minimum Gasteiger partial charge on any atom is -0.478 e. The molecule has 0 saturated carbocycles. The number of nitrogens with zero attached hydrogens (tertiary/aromatic N) is 3. The molecule has 8 heteroatoms. The van der Waals surface area contributed by atoms with Crippen LogP contribution in [0, 0.1) is 10.1 Å². The van der Waals surface area contributed by atoms with E-state index in [0.717, 1.165) is 18.7 Å². The van der Waals surface area contributed by atoms with Gasteiger partial charge in [-0.1, -0.05) is 6.92 Å². The highest BCUT2D eigenvalue weighted by Crippen LogP contribution is 2.29. The zero-order valence-electron chi connectivity index (χ0n) is 11.0. The molecule has 20 heavy (non-hydrogen) atoms. The number of carboxylic acid groups (broad SMARTS) is 1. The van der Waals surface area contributed by atoms with Crippen molar-refractivity contribution in [3.63, 3.8) is 0 Å². The number of morpholine rings is 1. The summed E-state index contributed by atoms with van der Waals surface area (Å²) >= 11 is 0. The fourth-order valence-electron chi connectivity index (χ4n) is 2.19. The standard InChI is InChI=1S/C12H15N3O5/c1-2-9-7-20-4-3-14(9)11-10(15(18)19)5-8(6-13-11)12(16)17/h5-6,9H,2-4,7H2,1H3,(H,16,17). The van der Waals surface area contributed by atoms with Crippen LogP contribution in [0.25, 0.3) is 0 Å². The van der Waals surface area contributed by atoms with Crippen LogP contribution in [0.3, 0.4) is 0 Å². The highest BCUT2D eigenvalue weighted by Gasteiger charge is 2.29. The summed E-state index contributed by atoms with van der Waals surface area (Å²) in [4.78, 5) is 27.2. The van der Waals surface area contributed by atoms with Gasteiger partial charge in [-0.3, -0.25) is 10.1 Å². The van der Waals surface area contributed by atoms with Crippen molar-refractivity contribution in [2.45, 2.75) is 19.4 Å². The van der Waals surface area contributed by atoms with Crippen LogP contribution < -0.4 is 4.90 Å². The van der Waals surface area contributed by atoms with E-state index >= 15 is 0 Å². The Labute approximate surface area is 115 Å². The quantitative estimate of drug-likeness (QED) is 0.654. The number of aromatic nitrogens is 1. The van der Waals surface area contributed by atoms with E-state index in [1.807, 2.05) is 11.8 Å². The molecule has 1 aromatic heterocycles. The van der Waals surface area contributed by atoms with Crippen LogP contribution in [0.4, 0.5) is 11.5 Å². The molecule has 0 aromatic carbocycles. The molecule has 1 fully saturated rings. The lowest BCUT2D eigenvalue weighted by Gasteiger charge is -2.35. The minimum absolute atomic E-state index is 0.00521. The summed E-state index contributed by atoms with van der Waals surface area (Å²) in [6.45, 7) is 3.41. The third-order valence-electron chi connectivity index (χ3n) is 3.26. The molecule has 1 atom stereocenters. The molecule has 0 amide bonds. The fraction of sp³-hybridized carbons (Fsp3) is 0.500. The van der Waals surface area contributed by atoms with Crippen LogP contribution in [0.5, 0.6) is 0 Å². The van der Waals surface area contributed by atoms with E-state index in [9.17, 15) is 14.9 Å². The topological polar surface area (TPSA) is 106 Å². The van der Waals surface area contributed by atoms with Gasteiger partial charge in [0.05, 0.1) is 29.7 Å². The van der Waals surface area contributed by atoms with Crippen molar-refractivity contribution in [1.29, 1.82) is 0 Å². The highest BCUT2D eigenvalue weighted by atomic mass is 16.6. The molecule has 2 heterocycles. The van der Waals surface area contributed by atoms with Gasteiger partial charge >= 0.3 is 11.7 Å². The van der Waals surface area contributed by atoms with Crippen molar-refractivity contribution in [3.8, 4) is 0 Å². The summed E-state index contributed by atoms with van der Waals surface area (Å²) < 4.78 is 5.35. The molecule has 2 rings (SSSR count). The van der Waals surface area contributed by atoms with Crippen molar-refractivity contribution in [2.75, 3.05) is 24.7 Å². The van der Waals surface area contributed by atoms with Crippen LogP contribution in [0.15, 0.2) is 12.3 Å². The van der Waals surface area contributed by atoms with E-state index in [1.165, 1.54) is 0 Å². The van der Waals surface area contributed by atoms with Crippen LogP contribution in [-0.4, -0.2) is 46.8 Å². The maximum absolute atomic E-state index is 11.1. The van der Waals surface area contributed by atoms with Gasteiger partial charge in [0, 0.05) is 18.8 Å². The summed E-state index contributed by atoms with van der Waals surface area (Å²) in [5, 5.41) is 20.0. The first-order chi connectivity index (χ1) is 9.54. The van der Waals surface area contributed by atoms with Gasteiger partial charge < -0.3 is 14.7 Å². The van der Waals surface area contributed by atoms with E-state index in [4.69, 9.17) is 9.84 Å². The molecule has 108 valence electrons. The van der Waals surface area contributed by atoms with Crippen LogP contribution in [0.1, 0.15) is 23.7 Å². The molecule has 1 N–H and O–H groups in total. The lowest BCUT2D eigenvalue weighted by atomic mass is 10.1. The number of aromatic carboxylic acids is 1. The normalized spacial score (nSPS) is 18.9. The maximum atomic E-state index is 11.1. The minimum atomic E-state index is -1.24. The SMILES string of the molecule is CCC1COCCN1c1ncc(C(=O)O)cc1[N+](=O)[O-]. The van der Waals surface area contributed by atoms with Crippen molar-refractivity contribution in [3.05, 3.63) is 27.9 Å². The first-order valence-electron chi connectivity index (χ1n) is 6.26. The third-order valence-corrected chi connectivity index (χ3v) is 3.26. The second-order valence-electron chi connectivity index (χ2n) is 4.46. The summed E-state index contributed by atoms with van der Waals surface area (Å²) in [6, 6.07) is 1.05. The van der Waals surface area contributed by atoms with Crippen molar-refractivity contribution >= 4 is 17.5 Å². The monoisotopic (exact) mass is 281 g/mol. The molecule has 0 aliphatic carbocycles. The molecule has 1 saturated heterocycles. The predicted molar refractivity (Wildman–Crippen MR) is 70.1 cm³/mol. The molecule has 1 aliphatic rings. The van der Waals surface area contributed by atoms with Crippen molar-refractivity contribution in [1.82, 2.24) is 4.98 Å². The Kier molecular flexibility index (Phi) is 4.14. The Hall–Kier alpha value is -2.22. The smallest absolute Gasteiger partial charge is 0.337 e. The first kappa shape index (κ1) is 14.2. The number of pyridine rings is 1. The molecule has 1 unspecified atom stereocenters. The second kappa shape index (κ2) is 5.83. The average Bonchev–Trinajstić information content (AvgIpc) is 2.46. The van der Waals surface area contributed by atoms with Gasteiger partial charge in [-0.05, 0) is 6.42 Å². The van der Waals surface area contributed by atoms with E-state index < -0.39 is 10.9 Å². The van der Waals surface area contributed by atoms with Gasteiger partial charge in [-0.2, -0.15) is 0 Å². The predicted octanol–water partition coefficient (Wildman–Crippen LogP) is 1.30. The van der Waals surface area contributed by atoms with Gasteiger partial charge in [-0.15, -0.1) is 0 Å². The van der Waals surface area contributed by atoms with Gasteiger partial charge in [0.1, 0.15) is 0 Å². The molecular formula is C12H15N3O5. The van der Waals surface area contributed by atoms with Crippen molar-refractivity contribution < 1.29 is 19.6 Å². The lowest BCUT2D eigenvalue weighted by Crippen LogP contribution is -2.45. The van der Waals surface area contributed by atoms with E-state index in [2.05, 4.69) is 4.98 Å². The molecule has 0 spiro atoms. The van der Waals surface area contributed by atoms with Crippen molar-refractivity contribution in [2.24, 2.45) is 0 Å². The third kappa shape index (κ3) is 2.69. The number of carboxylic acids is 1. The van der Waals surface area contributed by atoms with Gasteiger partial charge in [0.15, 0.2) is 0 Å². The Bertz CT molecular complexity index is 534. The fourth-order valence-corrected chi connectivity index (χ4v) is 2.19. The molecule has 1 aromatic rings. The first-order valence-corrected chi connectivity index (χ1v) is 6.26. The van der Waals surface area contributed by atoms with E-state index in [-0.39, 0.29) is 23.1 Å². The van der Waals surface area contributed by atoms with Crippen LogP contribution in [-0.2, 0) is 4.74 Å². The van der Waals surface area contributed by atoms with Gasteiger partial charge in [0.2, 0.25) is 5.82 Å². The summed E-state index contributed by atoms with van der Waals surface area (Å²) in [7, 11) is 0. The van der Waals surface area contributed by atoms with E-state index in [0.29, 0.717) is 19.8 Å². The molecule has 0 bridgehead atoms. The molecular weight excluding hydrogens is 266 g/mol.